The molecule has 1 heterocycles. The molecular formula is C14H28N4O2. The number of anilines is 1. The quantitative estimate of drug-likeness (QED) is 0.629. The largest absolute Gasteiger partial charge is 0.407 e. The van der Waals surface area contributed by atoms with Crippen molar-refractivity contribution >= 4 is 6.01 Å². The van der Waals surface area contributed by atoms with Gasteiger partial charge < -0.3 is 19.4 Å². The van der Waals surface area contributed by atoms with E-state index in [0.717, 1.165) is 32.4 Å². The predicted molar refractivity (Wildman–Crippen MR) is 79.9 cm³/mol. The highest BCUT2D eigenvalue weighted by molar-refractivity contribution is 5.26. The van der Waals surface area contributed by atoms with Crippen molar-refractivity contribution in [2.45, 2.75) is 52.6 Å². The summed E-state index contributed by atoms with van der Waals surface area (Å²) in [5, 5.41) is 11.5. The van der Waals surface area contributed by atoms with E-state index in [1.807, 2.05) is 0 Å². The first kappa shape index (κ1) is 16.9. The first-order chi connectivity index (χ1) is 9.76. The van der Waals surface area contributed by atoms with Gasteiger partial charge in [-0.2, -0.15) is 0 Å². The third-order valence-electron chi connectivity index (χ3n) is 3.32. The molecule has 1 aromatic rings. The molecule has 0 saturated carbocycles. The zero-order chi connectivity index (χ0) is 14.8. The second-order valence-electron chi connectivity index (χ2n) is 4.81. The molecule has 116 valence electrons. The van der Waals surface area contributed by atoms with E-state index in [-0.39, 0.29) is 0 Å². The first-order valence-electron chi connectivity index (χ1n) is 7.55. The van der Waals surface area contributed by atoms with Crippen LogP contribution in [0.4, 0.5) is 6.01 Å². The highest BCUT2D eigenvalue weighted by Crippen LogP contribution is 2.18. The van der Waals surface area contributed by atoms with Gasteiger partial charge in [0.2, 0.25) is 5.89 Å². The predicted octanol–water partition coefficient (Wildman–Crippen LogP) is 2.21. The second kappa shape index (κ2) is 9.72. The Labute approximate surface area is 121 Å². The highest BCUT2D eigenvalue weighted by Gasteiger charge is 2.21. The van der Waals surface area contributed by atoms with Gasteiger partial charge >= 0.3 is 6.01 Å². The third kappa shape index (κ3) is 5.09. The normalized spacial score (nSPS) is 11.2. The third-order valence-corrected chi connectivity index (χ3v) is 3.32. The summed E-state index contributed by atoms with van der Waals surface area (Å²) < 4.78 is 10.9. The van der Waals surface area contributed by atoms with E-state index >= 15 is 0 Å². The molecule has 6 nitrogen and oxygen atoms in total. The number of nitrogens with zero attached hydrogens (tertiary/aromatic N) is 3. The van der Waals surface area contributed by atoms with Crippen LogP contribution in [0.15, 0.2) is 4.42 Å². The summed E-state index contributed by atoms with van der Waals surface area (Å²) in [5.74, 6) is 0.641. The van der Waals surface area contributed by atoms with Crippen LogP contribution in [0.25, 0.3) is 0 Å². The fraction of sp³-hybridized carbons (Fsp3) is 0.857. The van der Waals surface area contributed by atoms with Crippen LogP contribution in [0.3, 0.4) is 0 Å². The van der Waals surface area contributed by atoms with Crippen LogP contribution in [-0.4, -0.2) is 43.0 Å². The minimum Gasteiger partial charge on any atom is -0.407 e. The van der Waals surface area contributed by atoms with Gasteiger partial charge in [-0.1, -0.05) is 25.9 Å². The van der Waals surface area contributed by atoms with Crippen molar-refractivity contribution in [1.82, 2.24) is 15.5 Å². The lowest BCUT2D eigenvalue weighted by Crippen LogP contribution is -2.37. The average Bonchev–Trinajstić information content (AvgIpc) is 2.92. The van der Waals surface area contributed by atoms with Crippen LogP contribution in [0.2, 0.25) is 0 Å². The minimum absolute atomic E-state index is 0.405. The summed E-state index contributed by atoms with van der Waals surface area (Å²) in [6.07, 6.45) is 3.19. The Balaban J connectivity index is 2.69. The zero-order valence-corrected chi connectivity index (χ0v) is 13.2. The van der Waals surface area contributed by atoms with Crippen molar-refractivity contribution in [2.75, 3.05) is 31.7 Å². The topological polar surface area (TPSA) is 63.4 Å². The van der Waals surface area contributed by atoms with Gasteiger partial charge in [-0.05, 0) is 25.8 Å². The van der Waals surface area contributed by atoms with Crippen LogP contribution in [-0.2, 0) is 11.3 Å². The summed E-state index contributed by atoms with van der Waals surface area (Å²) in [5.41, 5.74) is 0. The Kier molecular flexibility index (Phi) is 8.22. The molecule has 1 aromatic heterocycles. The maximum Gasteiger partial charge on any atom is 0.318 e. The molecule has 20 heavy (non-hydrogen) atoms. The molecule has 0 amide bonds. The molecule has 0 aliphatic rings. The standard InChI is InChI=1S/C14H28N4O2/c1-5-8-15-11-13-16-17-14(20-13)18(9-10-19-4)12(6-2)7-3/h12,15H,5-11H2,1-4H3. The Hall–Kier alpha value is -1.14. The van der Waals surface area contributed by atoms with Crippen molar-refractivity contribution < 1.29 is 9.15 Å². The minimum atomic E-state index is 0.405. The number of hydrogen-bond acceptors (Lipinski definition) is 6. The van der Waals surface area contributed by atoms with E-state index in [9.17, 15) is 0 Å². The van der Waals surface area contributed by atoms with E-state index < -0.39 is 0 Å². The van der Waals surface area contributed by atoms with Gasteiger partial charge in [0.15, 0.2) is 0 Å². The molecule has 0 aromatic carbocycles. The average molecular weight is 284 g/mol. The van der Waals surface area contributed by atoms with Gasteiger partial charge in [0.25, 0.3) is 0 Å². The highest BCUT2D eigenvalue weighted by atomic mass is 16.5. The summed E-state index contributed by atoms with van der Waals surface area (Å²) >= 11 is 0. The maximum absolute atomic E-state index is 5.76. The number of hydrogen-bond donors (Lipinski definition) is 1. The van der Waals surface area contributed by atoms with Gasteiger partial charge in [0, 0.05) is 19.7 Å². The number of ether oxygens (including phenoxy) is 1. The fourth-order valence-corrected chi connectivity index (χ4v) is 2.16. The Morgan fingerprint density at radius 2 is 2.00 bits per heavy atom. The van der Waals surface area contributed by atoms with Crippen molar-refractivity contribution in [3.8, 4) is 0 Å². The summed E-state index contributed by atoms with van der Waals surface area (Å²) in [7, 11) is 1.71. The smallest absolute Gasteiger partial charge is 0.318 e. The van der Waals surface area contributed by atoms with Crippen LogP contribution >= 0.6 is 0 Å². The van der Waals surface area contributed by atoms with Gasteiger partial charge in [-0.3, -0.25) is 0 Å². The molecular weight excluding hydrogens is 256 g/mol. The lowest BCUT2D eigenvalue weighted by atomic mass is 10.1. The van der Waals surface area contributed by atoms with Gasteiger partial charge in [0.05, 0.1) is 13.2 Å². The molecule has 0 spiro atoms. The van der Waals surface area contributed by atoms with Crippen molar-refractivity contribution in [1.29, 1.82) is 0 Å². The number of aromatic nitrogens is 2. The molecule has 0 fully saturated rings. The number of rotatable bonds is 11. The second-order valence-corrected chi connectivity index (χ2v) is 4.81. The van der Waals surface area contributed by atoms with Gasteiger partial charge in [-0.15, -0.1) is 5.10 Å². The number of nitrogens with one attached hydrogen (secondary N) is 1. The maximum atomic E-state index is 5.76. The van der Waals surface area contributed by atoms with E-state index in [1.54, 1.807) is 7.11 Å². The molecule has 0 aliphatic heterocycles. The van der Waals surface area contributed by atoms with Crippen molar-refractivity contribution in [3.05, 3.63) is 5.89 Å². The Bertz CT molecular complexity index is 353. The van der Waals surface area contributed by atoms with E-state index in [1.165, 1.54) is 0 Å². The fourth-order valence-electron chi connectivity index (χ4n) is 2.16. The molecule has 0 bridgehead atoms. The Morgan fingerprint density at radius 1 is 1.25 bits per heavy atom. The van der Waals surface area contributed by atoms with E-state index in [0.29, 0.717) is 31.1 Å². The summed E-state index contributed by atoms with van der Waals surface area (Å²) in [4.78, 5) is 2.15. The lowest BCUT2D eigenvalue weighted by Gasteiger charge is -2.28. The van der Waals surface area contributed by atoms with Crippen LogP contribution in [0.5, 0.6) is 0 Å². The molecule has 0 aliphatic carbocycles. The van der Waals surface area contributed by atoms with Crippen molar-refractivity contribution in [3.63, 3.8) is 0 Å². The Morgan fingerprint density at radius 3 is 2.60 bits per heavy atom. The summed E-state index contributed by atoms with van der Waals surface area (Å²) in [6, 6.07) is 1.01. The molecule has 0 atom stereocenters. The monoisotopic (exact) mass is 284 g/mol. The summed E-state index contributed by atoms with van der Waals surface area (Å²) in [6.45, 7) is 9.49. The molecule has 0 radical (unpaired) electrons. The van der Waals surface area contributed by atoms with Crippen LogP contribution in [0, 0.1) is 0 Å². The van der Waals surface area contributed by atoms with Crippen LogP contribution < -0.4 is 10.2 Å². The van der Waals surface area contributed by atoms with E-state index in [2.05, 4.69) is 41.2 Å². The molecule has 1 N–H and O–H groups in total. The van der Waals surface area contributed by atoms with E-state index in [4.69, 9.17) is 9.15 Å². The first-order valence-corrected chi connectivity index (χ1v) is 7.55. The van der Waals surface area contributed by atoms with Crippen molar-refractivity contribution in [2.24, 2.45) is 0 Å². The van der Waals surface area contributed by atoms with Crippen LogP contribution in [0.1, 0.15) is 45.9 Å². The van der Waals surface area contributed by atoms with Gasteiger partial charge in [0.1, 0.15) is 0 Å². The molecule has 1 rings (SSSR count). The molecule has 0 saturated heterocycles. The SMILES string of the molecule is CCCNCc1nnc(N(CCOC)C(CC)CC)o1. The molecule has 6 heteroatoms. The number of methoxy groups -OCH3 is 1. The zero-order valence-electron chi connectivity index (χ0n) is 13.2. The van der Waals surface area contributed by atoms with Gasteiger partial charge in [-0.25, -0.2) is 0 Å². The lowest BCUT2D eigenvalue weighted by molar-refractivity contribution is 0.200. The molecule has 0 unspecified atom stereocenters.